The van der Waals surface area contributed by atoms with Gasteiger partial charge in [0, 0.05) is 43.6 Å². The normalized spacial score (nSPS) is 21.4. The third kappa shape index (κ3) is 3.22. The van der Waals surface area contributed by atoms with Crippen molar-refractivity contribution in [2.24, 2.45) is 5.92 Å². The second-order valence-corrected chi connectivity index (χ2v) is 6.91. The first kappa shape index (κ1) is 16.0. The fourth-order valence-corrected chi connectivity index (χ4v) is 3.93. The van der Waals surface area contributed by atoms with Gasteiger partial charge in [-0.15, -0.1) is 0 Å². The number of nitrogens with zero attached hydrogens (tertiary/aromatic N) is 2. The molecule has 0 aliphatic carbocycles. The summed E-state index contributed by atoms with van der Waals surface area (Å²) in [5.41, 5.74) is 2.25. The number of fused-ring (bicyclic) bond motifs is 4. The van der Waals surface area contributed by atoms with Crippen molar-refractivity contribution in [1.29, 1.82) is 0 Å². The molecule has 0 spiro atoms. The van der Waals surface area contributed by atoms with Crippen LogP contribution < -0.4 is 16.2 Å². The molecule has 2 N–H and O–H groups in total. The summed E-state index contributed by atoms with van der Waals surface area (Å²) >= 11 is 0. The van der Waals surface area contributed by atoms with E-state index in [4.69, 9.17) is 0 Å². The lowest BCUT2D eigenvalue weighted by atomic mass is 9.84. The highest BCUT2D eigenvalue weighted by Crippen LogP contribution is 2.31. The van der Waals surface area contributed by atoms with Gasteiger partial charge in [-0.05, 0) is 55.1 Å². The Labute approximate surface area is 146 Å². The van der Waals surface area contributed by atoms with Gasteiger partial charge in [0.25, 0.3) is 11.5 Å². The van der Waals surface area contributed by atoms with Crippen LogP contribution in [0.5, 0.6) is 0 Å². The van der Waals surface area contributed by atoms with Gasteiger partial charge >= 0.3 is 0 Å². The minimum Gasteiger partial charge on any atom is -0.352 e. The van der Waals surface area contributed by atoms with E-state index in [-0.39, 0.29) is 17.0 Å². The van der Waals surface area contributed by atoms with Crippen LogP contribution in [0.2, 0.25) is 0 Å². The molecule has 2 aromatic heterocycles. The topological polar surface area (TPSA) is 76.0 Å². The fourth-order valence-electron chi connectivity index (χ4n) is 3.93. The van der Waals surface area contributed by atoms with Gasteiger partial charge in [-0.2, -0.15) is 0 Å². The second kappa shape index (κ2) is 6.80. The summed E-state index contributed by atoms with van der Waals surface area (Å²) in [6.45, 7) is 3.06. The summed E-state index contributed by atoms with van der Waals surface area (Å²) in [6, 6.07) is 7.48. The maximum absolute atomic E-state index is 12.8. The van der Waals surface area contributed by atoms with Gasteiger partial charge in [0.1, 0.15) is 5.56 Å². The Morgan fingerprint density at radius 3 is 2.92 bits per heavy atom. The maximum atomic E-state index is 12.8. The number of carbonyl (C=O) groups excluding carboxylic acids is 1. The molecule has 2 bridgehead atoms. The van der Waals surface area contributed by atoms with Gasteiger partial charge in [-0.1, -0.05) is 0 Å². The number of piperidine rings is 1. The lowest BCUT2D eigenvalue weighted by molar-refractivity contribution is 0.0951. The summed E-state index contributed by atoms with van der Waals surface area (Å²) in [5.74, 6) is 0.571. The summed E-state index contributed by atoms with van der Waals surface area (Å²) in [7, 11) is 0. The number of hydrogen-bond donors (Lipinski definition) is 2. The highest BCUT2D eigenvalue weighted by atomic mass is 16.2. The zero-order valence-electron chi connectivity index (χ0n) is 14.1. The average molecular weight is 338 g/mol. The average Bonchev–Trinajstić information content (AvgIpc) is 2.64. The van der Waals surface area contributed by atoms with Crippen LogP contribution in [0.25, 0.3) is 0 Å². The molecule has 4 heterocycles. The molecule has 6 nitrogen and oxygen atoms in total. The quantitative estimate of drug-likeness (QED) is 0.869. The van der Waals surface area contributed by atoms with E-state index in [9.17, 15) is 9.59 Å². The van der Waals surface area contributed by atoms with E-state index < -0.39 is 0 Å². The molecule has 1 saturated heterocycles. The van der Waals surface area contributed by atoms with Crippen LogP contribution in [0.3, 0.4) is 0 Å². The highest BCUT2D eigenvalue weighted by molar-refractivity contribution is 5.93. The van der Waals surface area contributed by atoms with Crippen LogP contribution in [0.1, 0.15) is 34.0 Å². The number of nitrogens with one attached hydrogen (secondary N) is 2. The Bertz CT molecular complexity index is 831. The van der Waals surface area contributed by atoms with Gasteiger partial charge in [0.2, 0.25) is 0 Å². The molecule has 25 heavy (non-hydrogen) atoms. The Morgan fingerprint density at radius 1 is 1.24 bits per heavy atom. The van der Waals surface area contributed by atoms with Gasteiger partial charge in [-0.25, -0.2) is 0 Å². The predicted octanol–water partition coefficient (Wildman–Crippen LogP) is 0.922. The smallest absolute Gasteiger partial charge is 0.263 e. The highest BCUT2D eigenvalue weighted by Gasteiger charge is 2.31. The molecule has 0 saturated carbocycles. The Morgan fingerprint density at radius 2 is 2.08 bits per heavy atom. The SMILES string of the molecule is O=C(NCCc1ccncc1)c1ccc2n(c1=O)C[C@@H]1CNC[C@H]2C1. The molecule has 0 radical (unpaired) electrons. The molecule has 2 aliphatic heterocycles. The second-order valence-electron chi connectivity index (χ2n) is 6.91. The molecule has 4 rings (SSSR count). The van der Waals surface area contributed by atoms with E-state index in [1.807, 2.05) is 22.8 Å². The zero-order valence-corrected chi connectivity index (χ0v) is 14.1. The zero-order chi connectivity index (χ0) is 17.2. The lowest BCUT2D eigenvalue weighted by Gasteiger charge is -2.37. The number of amides is 1. The Kier molecular flexibility index (Phi) is 4.36. The van der Waals surface area contributed by atoms with Crippen LogP contribution in [0, 0.1) is 5.92 Å². The number of carbonyl (C=O) groups is 1. The molecule has 2 atom stereocenters. The third-order valence-electron chi connectivity index (χ3n) is 5.20. The molecule has 2 aliphatic rings. The van der Waals surface area contributed by atoms with Crippen molar-refractivity contribution < 1.29 is 4.79 Å². The molecule has 0 unspecified atom stereocenters. The minimum absolute atomic E-state index is 0.157. The first-order chi connectivity index (χ1) is 12.2. The summed E-state index contributed by atoms with van der Waals surface area (Å²) < 4.78 is 1.82. The van der Waals surface area contributed by atoms with Crippen molar-refractivity contribution in [2.75, 3.05) is 19.6 Å². The number of hydrogen-bond acceptors (Lipinski definition) is 4. The molecule has 6 heteroatoms. The molecule has 2 aromatic rings. The number of pyridine rings is 2. The lowest BCUT2D eigenvalue weighted by Crippen LogP contribution is -2.46. The van der Waals surface area contributed by atoms with Crippen molar-refractivity contribution in [2.45, 2.75) is 25.3 Å². The third-order valence-corrected chi connectivity index (χ3v) is 5.20. The maximum Gasteiger partial charge on any atom is 0.263 e. The molecule has 1 fully saturated rings. The monoisotopic (exact) mass is 338 g/mol. The molecular weight excluding hydrogens is 316 g/mol. The van der Waals surface area contributed by atoms with Gasteiger partial charge in [0.15, 0.2) is 0 Å². The van der Waals surface area contributed by atoms with Crippen LogP contribution >= 0.6 is 0 Å². The fraction of sp³-hybridized carbons (Fsp3) is 0.421. The van der Waals surface area contributed by atoms with E-state index in [1.165, 1.54) is 0 Å². The van der Waals surface area contributed by atoms with Crippen molar-refractivity contribution in [3.05, 3.63) is 63.8 Å². The minimum atomic E-state index is -0.289. The molecule has 1 amide bonds. The van der Waals surface area contributed by atoms with Crippen LogP contribution in [-0.4, -0.2) is 35.1 Å². The summed E-state index contributed by atoms with van der Waals surface area (Å²) in [6.07, 6.45) is 5.32. The largest absolute Gasteiger partial charge is 0.352 e. The van der Waals surface area contributed by atoms with E-state index in [0.29, 0.717) is 24.9 Å². The molecular formula is C19H22N4O2. The first-order valence-electron chi connectivity index (χ1n) is 8.84. The molecule has 130 valence electrons. The summed E-state index contributed by atoms with van der Waals surface area (Å²) in [4.78, 5) is 29.2. The summed E-state index contributed by atoms with van der Waals surface area (Å²) in [5, 5.41) is 6.29. The Hall–Kier alpha value is -2.47. The van der Waals surface area contributed by atoms with E-state index in [2.05, 4.69) is 15.6 Å². The van der Waals surface area contributed by atoms with Crippen LogP contribution in [-0.2, 0) is 13.0 Å². The van der Waals surface area contributed by atoms with Crippen molar-refractivity contribution >= 4 is 5.91 Å². The van der Waals surface area contributed by atoms with Gasteiger partial charge in [-0.3, -0.25) is 14.6 Å². The van der Waals surface area contributed by atoms with E-state index >= 15 is 0 Å². The first-order valence-corrected chi connectivity index (χ1v) is 8.84. The van der Waals surface area contributed by atoms with Crippen LogP contribution in [0.15, 0.2) is 41.5 Å². The standard InChI is InChI=1S/C19H22N4O2/c24-18(22-8-5-13-3-6-20-7-4-13)16-1-2-17-15-9-14(10-21-11-15)12-23(17)19(16)25/h1-4,6-7,14-15,21H,5,8-12H2,(H,22,24)/t14-,15+/m0/s1. The van der Waals surface area contributed by atoms with E-state index in [0.717, 1.165) is 37.2 Å². The van der Waals surface area contributed by atoms with Crippen molar-refractivity contribution in [3.63, 3.8) is 0 Å². The van der Waals surface area contributed by atoms with Gasteiger partial charge in [0.05, 0.1) is 0 Å². The van der Waals surface area contributed by atoms with E-state index in [1.54, 1.807) is 18.5 Å². The number of rotatable bonds is 4. The van der Waals surface area contributed by atoms with Crippen molar-refractivity contribution in [1.82, 2.24) is 20.2 Å². The molecule has 0 aromatic carbocycles. The van der Waals surface area contributed by atoms with Gasteiger partial charge < -0.3 is 15.2 Å². The van der Waals surface area contributed by atoms with Crippen molar-refractivity contribution in [3.8, 4) is 0 Å². The Balaban J connectivity index is 1.48. The number of aromatic nitrogens is 2. The predicted molar refractivity (Wildman–Crippen MR) is 94.7 cm³/mol. The van der Waals surface area contributed by atoms with Crippen LogP contribution in [0.4, 0.5) is 0 Å².